The fourth-order valence-corrected chi connectivity index (χ4v) is 6.76. The van der Waals surface area contributed by atoms with E-state index in [1.165, 1.54) is 23.6 Å². The maximum Gasteiger partial charge on any atom is 0.353 e. The fourth-order valence-electron chi connectivity index (χ4n) is 3.17. The number of hydrogen-bond donors (Lipinski definition) is 1. The third-order valence-electron chi connectivity index (χ3n) is 5.19. The van der Waals surface area contributed by atoms with Gasteiger partial charge < -0.3 is 9.05 Å². The number of rotatable bonds is 16. The quantitative estimate of drug-likeness (QED) is 0.107. The second kappa shape index (κ2) is 14.4. The van der Waals surface area contributed by atoms with Crippen LogP contribution in [0.4, 0.5) is 0 Å². The Morgan fingerprint density at radius 1 is 0.903 bits per heavy atom. The maximum absolute atomic E-state index is 13.1. The Morgan fingerprint density at radius 3 is 1.77 bits per heavy atom. The van der Waals surface area contributed by atoms with Crippen molar-refractivity contribution >= 4 is 17.7 Å². The Bertz CT molecular complexity index is 768. The molecular weight excluding hydrogens is 435 g/mol. The van der Waals surface area contributed by atoms with Crippen LogP contribution in [-0.2, 0) is 23.7 Å². The van der Waals surface area contributed by atoms with E-state index in [9.17, 15) is 17.5 Å². The molecule has 0 spiro atoms. The summed E-state index contributed by atoms with van der Waals surface area (Å²) in [5.74, 6) is 0. The van der Waals surface area contributed by atoms with Crippen LogP contribution in [-0.4, -0.2) is 30.7 Å². The van der Waals surface area contributed by atoms with Crippen molar-refractivity contribution in [2.24, 2.45) is 0 Å². The summed E-state index contributed by atoms with van der Waals surface area (Å²) in [6, 6.07) is 0. The van der Waals surface area contributed by atoms with E-state index < -0.39 is 22.2 Å². The predicted octanol–water partition coefficient (Wildman–Crippen LogP) is 7.45. The predicted molar refractivity (Wildman–Crippen MR) is 130 cm³/mol. The van der Waals surface area contributed by atoms with Gasteiger partial charge in [-0.25, -0.2) is 0 Å². The summed E-state index contributed by atoms with van der Waals surface area (Å²) >= 11 is 0. The SMILES string of the molecule is CCOP(=O)(OCC)C(C)(CCCC=C(C)CCC=C(C)CCC=C(C)C)S(=O)(=O)O. The highest BCUT2D eigenvalue weighted by Crippen LogP contribution is 2.63. The molecule has 1 N–H and O–H groups in total. The highest BCUT2D eigenvalue weighted by atomic mass is 32.2. The van der Waals surface area contributed by atoms with Crippen molar-refractivity contribution < 1.29 is 26.6 Å². The molecule has 0 saturated carbocycles. The van der Waals surface area contributed by atoms with E-state index in [4.69, 9.17) is 9.05 Å². The standard InChI is InChI=1S/C23H43O6PS/c1-8-28-30(24,29-9-2)23(7,31(25,26)27)19-11-10-15-21(5)17-13-18-22(6)16-12-14-20(3)4/h14-15,18H,8-13,16-17,19H2,1-7H3,(H,25,26,27). The first kappa shape index (κ1) is 30.3. The van der Waals surface area contributed by atoms with E-state index in [-0.39, 0.29) is 19.6 Å². The molecule has 0 bridgehead atoms. The van der Waals surface area contributed by atoms with Gasteiger partial charge in [0, 0.05) is 0 Å². The van der Waals surface area contributed by atoms with Crippen LogP contribution in [0.2, 0.25) is 0 Å². The second-order valence-corrected chi connectivity index (χ2v) is 13.0. The molecule has 31 heavy (non-hydrogen) atoms. The van der Waals surface area contributed by atoms with E-state index in [1.54, 1.807) is 13.8 Å². The van der Waals surface area contributed by atoms with Crippen molar-refractivity contribution in [3.05, 3.63) is 34.9 Å². The maximum atomic E-state index is 13.1. The minimum atomic E-state index is -4.65. The first-order valence-electron chi connectivity index (χ1n) is 11.1. The topological polar surface area (TPSA) is 89.9 Å². The number of hydrogen-bond acceptors (Lipinski definition) is 5. The second-order valence-electron chi connectivity index (χ2n) is 8.34. The highest BCUT2D eigenvalue weighted by Gasteiger charge is 2.56. The minimum absolute atomic E-state index is 0.0176. The van der Waals surface area contributed by atoms with Crippen LogP contribution < -0.4 is 0 Å². The lowest BCUT2D eigenvalue weighted by Crippen LogP contribution is -2.36. The lowest BCUT2D eigenvalue weighted by molar-refractivity contribution is 0.205. The molecule has 1 unspecified atom stereocenters. The van der Waals surface area contributed by atoms with E-state index in [2.05, 4.69) is 45.9 Å². The highest BCUT2D eigenvalue weighted by molar-refractivity contribution is 7.95. The van der Waals surface area contributed by atoms with Crippen LogP contribution >= 0.6 is 7.60 Å². The van der Waals surface area contributed by atoms with Gasteiger partial charge in [-0.2, -0.15) is 8.42 Å². The summed E-state index contributed by atoms with van der Waals surface area (Å²) in [6.07, 6.45) is 11.7. The summed E-state index contributed by atoms with van der Waals surface area (Å²) < 4.78 is 55.6. The van der Waals surface area contributed by atoms with Gasteiger partial charge in [0.05, 0.1) is 13.2 Å². The first-order chi connectivity index (χ1) is 14.3. The Morgan fingerprint density at radius 2 is 1.35 bits per heavy atom. The zero-order chi connectivity index (χ0) is 24.1. The lowest BCUT2D eigenvalue weighted by atomic mass is 10.1. The van der Waals surface area contributed by atoms with Gasteiger partial charge in [0.15, 0.2) is 4.49 Å². The lowest BCUT2D eigenvalue weighted by Gasteiger charge is -2.33. The molecule has 0 amide bonds. The Kier molecular flexibility index (Phi) is 14.1. The van der Waals surface area contributed by atoms with Crippen LogP contribution in [0.15, 0.2) is 34.9 Å². The molecule has 0 radical (unpaired) electrons. The van der Waals surface area contributed by atoms with Crippen molar-refractivity contribution in [1.82, 2.24) is 0 Å². The molecule has 8 heteroatoms. The Hall–Kier alpha value is -0.720. The number of allylic oxidation sites excluding steroid dienone is 6. The fraction of sp³-hybridized carbons (Fsp3) is 0.739. The Labute approximate surface area is 190 Å². The van der Waals surface area contributed by atoms with Crippen molar-refractivity contribution in [3.8, 4) is 0 Å². The normalized spacial score (nSPS) is 15.6. The summed E-state index contributed by atoms with van der Waals surface area (Å²) in [7, 11) is -8.69. The van der Waals surface area contributed by atoms with E-state index in [0.717, 1.165) is 25.7 Å². The van der Waals surface area contributed by atoms with Crippen LogP contribution in [0.1, 0.15) is 93.4 Å². The van der Waals surface area contributed by atoms with E-state index in [1.807, 2.05) is 0 Å². The average molecular weight is 479 g/mol. The molecule has 0 aliphatic rings. The minimum Gasteiger partial charge on any atom is -0.308 e. The van der Waals surface area contributed by atoms with Crippen molar-refractivity contribution in [2.45, 2.75) is 97.9 Å². The van der Waals surface area contributed by atoms with Gasteiger partial charge in [0.2, 0.25) is 0 Å². The largest absolute Gasteiger partial charge is 0.353 e. The molecule has 1 atom stereocenters. The molecule has 0 aromatic heterocycles. The van der Waals surface area contributed by atoms with Crippen molar-refractivity contribution in [3.63, 3.8) is 0 Å². The van der Waals surface area contributed by atoms with Crippen molar-refractivity contribution in [1.29, 1.82) is 0 Å². The summed E-state index contributed by atoms with van der Waals surface area (Å²) in [5, 5.41) is 0. The average Bonchev–Trinajstić information content (AvgIpc) is 2.64. The van der Waals surface area contributed by atoms with Crippen molar-refractivity contribution in [2.75, 3.05) is 13.2 Å². The van der Waals surface area contributed by atoms with E-state index in [0.29, 0.717) is 12.8 Å². The monoisotopic (exact) mass is 478 g/mol. The van der Waals surface area contributed by atoms with Gasteiger partial charge in [-0.15, -0.1) is 0 Å². The van der Waals surface area contributed by atoms with Gasteiger partial charge in [-0.3, -0.25) is 9.12 Å². The molecule has 6 nitrogen and oxygen atoms in total. The van der Waals surface area contributed by atoms with Crippen LogP contribution in [0.25, 0.3) is 0 Å². The summed E-state index contributed by atoms with van der Waals surface area (Å²) in [5.41, 5.74) is 3.95. The van der Waals surface area contributed by atoms with Gasteiger partial charge in [0.25, 0.3) is 10.1 Å². The third-order valence-corrected chi connectivity index (χ3v) is 10.5. The first-order valence-corrected chi connectivity index (χ1v) is 14.1. The van der Waals surface area contributed by atoms with Crippen LogP contribution in [0, 0.1) is 0 Å². The van der Waals surface area contributed by atoms with Gasteiger partial charge in [-0.1, -0.05) is 34.9 Å². The molecule has 0 fully saturated rings. The Balaban J connectivity index is 4.88. The smallest absolute Gasteiger partial charge is 0.308 e. The van der Waals surface area contributed by atoms with Gasteiger partial charge in [0.1, 0.15) is 0 Å². The summed E-state index contributed by atoms with van der Waals surface area (Å²) in [4.78, 5) is 0. The third kappa shape index (κ3) is 10.6. The molecular formula is C23H43O6PS. The van der Waals surface area contributed by atoms with Crippen LogP contribution in [0.3, 0.4) is 0 Å². The van der Waals surface area contributed by atoms with Gasteiger partial charge in [-0.05, 0) is 93.4 Å². The number of unbranched alkanes of at least 4 members (excludes halogenated alkanes) is 1. The summed E-state index contributed by atoms with van der Waals surface area (Å²) in [6.45, 7) is 13.0. The molecule has 0 aromatic rings. The molecule has 0 rings (SSSR count). The zero-order valence-electron chi connectivity index (χ0n) is 20.4. The zero-order valence-corrected chi connectivity index (χ0v) is 22.2. The molecule has 0 aliphatic heterocycles. The molecule has 0 aromatic carbocycles. The molecule has 0 aliphatic carbocycles. The van der Waals surface area contributed by atoms with Crippen LogP contribution in [0.5, 0.6) is 0 Å². The van der Waals surface area contributed by atoms with Gasteiger partial charge >= 0.3 is 7.60 Å². The molecule has 182 valence electrons. The van der Waals surface area contributed by atoms with E-state index >= 15 is 0 Å². The molecule has 0 heterocycles. The molecule has 0 saturated heterocycles.